The predicted molar refractivity (Wildman–Crippen MR) is 107 cm³/mol. The van der Waals surface area contributed by atoms with E-state index in [2.05, 4.69) is 20.1 Å². The molecule has 2 rings (SSSR count). The van der Waals surface area contributed by atoms with Crippen LogP contribution in [-0.4, -0.2) is 55.9 Å². The van der Waals surface area contributed by atoms with Gasteiger partial charge in [0, 0.05) is 40.4 Å². The highest BCUT2D eigenvalue weighted by atomic mass is 32.2. The highest BCUT2D eigenvalue weighted by molar-refractivity contribution is 7.92. The second kappa shape index (κ2) is 9.49. The van der Waals surface area contributed by atoms with Crippen LogP contribution in [0.15, 0.2) is 28.4 Å². The van der Waals surface area contributed by atoms with Gasteiger partial charge in [-0.3, -0.25) is 9.59 Å². The third-order valence-corrected chi connectivity index (χ3v) is 6.91. The molecular weight excluding hydrogens is 414 g/mol. The second-order valence-corrected chi connectivity index (χ2v) is 9.07. The van der Waals surface area contributed by atoms with Crippen LogP contribution in [0.3, 0.4) is 0 Å². The van der Waals surface area contributed by atoms with Crippen LogP contribution in [0.2, 0.25) is 0 Å². The van der Waals surface area contributed by atoms with Crippen molar-refractivity contribution in [3.05, 3.63) is 50.2 Å². The molecule has 1 fully saturated rings. The molecule has 160 valence electrons. The summed E-state index contributed by atoms with van der Waals surface area (Å²) in [5, 5.41) is 6.94. The van der Waals surface area contributed by atoms with E-state index in [0.29, 0.717) is 5.56 Å². The minimum Gasteiger partial charge on any atom is -0.465 e. The monoisotopic (exact) mass is 435 g/mol. The molecule has 0 aliphatic carbocycles. The molecule has 0 bridgehead atoms. The summed E-state index contributed by atoms with van der Waals surface area (Å²) in [5.41, 5.74) is 18.0. The quantitative estimate of drug-likeness (QED) is 0.276. The fraction of sp³-hybridized carbons (Fsp3) is 0.529. The van der Waals surface area contributed by atoms with Crippen LogP contribution in [0, 0.1) is 0 Å². The number of benzene rings is 1. The van der Waals surface area contributed by atoms with Gasteiger partial charge < -0.3 is 9.64 Å². The molecule has 0 saturated carbocycles. The van der Waals surface area contributed by atoms with Crippen LogP contribution in [0.4, 0.5) is 5.69 Å². The summed E-state index contributed by atoms with van der Waals surface area (Å²) in [5.74, 6) is -1.22. The lowest BCUT2D eigenvalue weighted by atomic mass is 9.95. The molecule has 30 heavy (non-hydrogen) atoms. The molecule has 0 radical (unpaired) electrons. The van der Waals surface area contributed by atoms with Crippen molar-refractivity contribution < 1.29 is 22.7 Å². The molecule has 12 nitrogen and oxygen atoms in total. The summed E-state index contributed by atoms with van der Waals surface area (Å²) in [7, 11) is -3.77. The largest absolute Gasteiger partial charge is 0.465 e. The second-order valence-electron chi connectivity index (χ2n) is 6.75. The molecule has 0 unspecified atom stereocenters. The standard InChI is InChI=1S/C17H21N7O5S/c1-3-29-16(26)17(30(2,27)28)4-6-24(7-5-17)15(25)13-8-12(11-20-22-18)9-14(10-13)21-23-19/h8-10H,3-7,11H2,1-2H3. The number of amides is 1. The van der Waals surface area contributed by atoms with E-state index in [1.807, 2.05) is 0 Å². The topological polar surface area (TPSA) is 178 Å². The van der Waals surface area contributed by atoms with Crippen molar-refractivity contribution in [2.75, 3.05) is 26.0 Å². The molecule has 0 atom stereocenters. The molecular formula is C17H21N7O5S. The molecule has 1 aromatic carbocycles. The van der Waals surface area contributed by atoms with Gasteiger partial charge in [-0.1, -0.05) is 10.2 Å². The summed E-state index contributed by atoms with van der Waals surface area (Å²) < 4.78 is 28.0. The Morgan fingerprint density at radius 3 is 2.40 bits per heavy atom. The lowest BCUT2D eigenvalue weighted by molar-refractivity contribution is -0.147. The van der Waals surface area contributed by atoms with E-state index in [0.717, 1.165) is 6.26 Å². The van der Waals surface area contributed by atoms with E-state index in [4.69, 9.17) is 15.8 Å². The number of sulfone groups is 1. The van der Waals surface area contributed by atoms with Crippen LogP contribution in [0.5, 0.6) is 0 Å². The van der Waals surface area contributed by atoms with Crippen molar-refractivity contribution in [2.24, 2.45) is 10.2 Å². The highest BCUT2D eigenvalue weighted by Crippen LogP contribution is 2.33. The maximum atomic E-state index is 13.0. The Balaban J connectivity index is 2.29. The Labute approximate surface area is 173 Å². The van der Waals surface area contributed by atoms with Crippen LogP contribution in [0.25, 0.3) is 20.9 Å². The van der Waals surface area contributed by atoms with E-state index in [1.54, 1.807) is 6.92 Å². The van der Waals surface area contributed by atoms with Crippen molar-refractivity contribution in [3.63, 3.8) is 0 Å². The van der Waals surface area contributed by atoms with Crippen LogP contribution >= 0.6 is 0 Å². The number of hydrogen-bond acceptors (Lipinski definition) is 7. The van der Waals surface area contributed by atoms with Gasteiger partial charge in [0.2, 0.25) is 0 Å². The van der Waals surface area contributed by atoms with E-state index in [1.165, 1.54) is 23.1 Å². The van der Waals surface area contributed by atoms with E-state index in [-0.39, 0.29) is 50.3 Å². The number of hydrogen-bond donors (Lipinski definition) is 0. The van der Waals surface area contributed by atoms with Gasteiger partial charge in [0.1, 0.15) is 0 Å². The minimum absolute atomic E-state index is 0.0299. The summed E-state index contributed by atoms with van der Waals surface area (Å²) >= 11 is 0. The highest BCUT2D eigenvalue weighted by Gasteiger charge is 2.51. The normalized spacial score (nSPS) is 15.5. The molecule has 0 aromatic heterocycles. The summed E-state index contributed by atoms with van der Waals surface area (Å²) in [6.07, 6.45) is 0.822. The van der Waals surface area contributed by atoms with Crippen molar-refractivity contribution >= 4 is 27.4 Å². The van der Waals surface area contributed by atoms with Gasteiger partial charge in [-0.05, 0) is 54.6 Å². The Hall–Kier alpha value is -3.27. The first-order valence-corrected chi connectivity index (χ1v) is 10.9. The number of rotatable bonds is 7. The number of ether oxygens (including phenoxy) is 1. The summed E-state index contributed by atoms with van der Waals surface area (Å²) in [6, 6.07) is 4.40. The van der Waals surface area contributed by atoms with Gasteiger partial charge in [0.15, 0.2) is 14.6 Å². The average molecular weight is 435 g/mol. The van der Waals surface area contributed by atoms with Gasteiger partial charge >= 0.3 is 5.97 Å². The van der Waals surface area contributed by atoms with E-state index >= 15 is 0 Å². The van der Waals surface area contributed by atoms with Crippen LogP contribution < -0.4 is 0 Å². The molecule has 1 aliphatic heterocycles. The van der Waals surface area contributed by atoms with Gasteiger partial charge in [0.25, 0.3) is 5.91 Å². The molecule has 13 heteroatoms. The fourth-order valence-electron chi connectivity index (χ4n) is 3.35. The van der Waals surface area contributed by atoms with E-state index in [9.17, 15) is 18.0 Å². The van der Waals surface area contributed by atoms with Crippen molar-refractivity contribution in [3.8, 4) is 0 Å². The first-order chi connectivity index (χ1) is 14.2. The number of piperidine rings is 1. The Morgan fingerprint density at radius 1 is 1.20 bits per heavy atom. The van der Waals surface area contributed by atoms with Gasteiger partial charge in [0.05, 0.1) is 13.2 Å². The van der Waals surface area contributed by atoms with Crippen molar-refractivity contribution in [1.29, 1.82) is 0 Å². The van der Waals surface area contributed by atoms with Crippen LogP contribution in [0.1, 0.15) is 35.7 Å². The van der Waals surface area contributed by atoms with Crippen LogP contribution in [-0.2, 0) is 25.9 Å². The van der Waals surface area contributed by atoms with Gasteiger partial charge in [-0.2, -0.15) is 0 Å². The number of likely N-dealkylation sites (tertiary alicyclic amines) is 1. The van der Waals surface area contributed by atoms with Gasteiger partial charge in [-0.25, -0.2) is 8.42 Å². The maximum Gasteiger partial charge on any atom is 0.327 e. The number of azide groups is 2. The molecule has 1 aliphatic rings. The molecule has 0 spiro atoms. The minimum atomic E-state index is -3.77. The number of carbonyl (C=O) groups is 2. The molecule has 1 aromatic rings. The summed E-state index contributed by atoms with van der Waals surface area (Å²) in [6.45, 7) is 1.67. The Morgan fingerprint density at radius 2 is 1.87 bits per heavy atom. The summed E-state index contributed by atoms with van der Waals surface area (Å²) in [4.78, 5) is 32.1. The molecule has 1 saturated heterocycles. The fourth-order valence-corrected chi connectivity index (χ4v) is 4.64. The first kappa shape index (κ1) is 23.0. The Kier molecular flexibility index (Phi) is 7.28. The number of esters is 1. The average Bonchev–Trinajstić information content (AvgIpc) is 2.71. The maximum absolute atomic E-state index is 13.0. The SMILES string of the molecule is CCOC(=O)C1(S(C)(=O)=O)CCN(C(=O)c2cc(CN=[N+]=[N-])cc(N=[N+]=[N-])c2)CC1. The zero-order chi connectivity index (χ0) is 22.4. The number of nitrogens with zero attached hydrogens (tertiary/aromatic N) is 7. The lowest BCUT2D eigenvalue weighted by Crippen LogP contribution is -2.55. The zero-order valence-corrected chi connectivity index (χ0v) is 17.4. The van der Waals surface area contributed by atoms with Gasteiger partial charge in [-0.15, -0.1) is 0 Å². The molecule has 1 amide bonds. The predicted octanol–water partition coefficient (Wildman–Crippen LogP) is 3.02. The third-order valence-electron chi connectivity index (χ3n) is 4.92. The lowest BCUT2D eigenvalue weighted by Gasteiger charge is -2.38. The van der Waals surface area contributed by atoms with Crippen molar-refractivity contribution in [2.45, 2.75) is 31.1 Å². The Bertz CT molecular complexity index is 1030. The van der Waals surface area contributed by atoms with E-state index < -0.39 is 26.5 Å². The molecule has 0 N–H and O–H groups in total. The third kappa shape index (κ3) is 4.82. The smallest absolute Gasteiger partial charge is 0.327 e. The number of carbonyl (C=O) groups excluding carboxylic acids is 2. The van der Waals surface area contributed by atoms with Crippen molar-refractivity contribution in [1.82, 2.24) is 4.90 Å². The zero-order valence-electron chi connectivity index (χ0n) is 16.6. The molecule has 1 heterocycles. The first-order valence-electron chi connectivity index (χ1n) is 9.04.